The number of aromatic nitrogens is 1. The minimum atomic E-state index is 0.105. The summed E-state index contributed by atoms with van der Waals surface area (Å²) in [5.41, 5.74) is 2.99. The molecule has 0 aromatic carbocycles. The van der Waals surface area contributed by atoms with Crippen LogP contribution in [-0.4, -0.2) is 22.7 Å². The van der Waals surface area contributed by atoms with Gasteiger partial charge in [0.05, 0.1) is 16.9 Å². The van der Waals surface area contributed by atoms with Crippen molar-refractivity contribution in [1.29, 1.82) is 5.26 Å². The van der Waals surface area contributed by atoms with Gasteiger partial charge in [0.1, 0.15) is 6.07 Å². The molecule has 2 unspecified atom stereocenters. The number of anilines is 1. The molecule has 0 saturated heterocycles. The summed E-state index contributed by atoms with van der Waals surface area (Å²) in [4.78, 5) is 4.27. The number of pyridine rings is 1. The minimum absolute atomic E-state index is 0.105. The van der Waals surface area contributed by atoms with Crippen LogP contribution >= 0.6 is 0 Å². The third-order valence-electron chi connectivity index (χ3n) is 2.96. The summed E-state index contributed by atoms with van der Waals surface area (Å²) in [6.07, 6.45) is 0. The predicted octanol–water partition coefficient (Wildman–Crippen LogP) is 2.00. The van der Waals surface area contributed by atoms with E-state index >= 15 is 0 Å². The molecule has 1 aromatic heterocycles. The number of nitriles is 1. The monoisotopic (exact) mass is 233 g/mol. The first-order valence-electron chi connectivity index (χ1n) is 5.75. The third-order valence-corrected chi connectivity index (χ3v) is 2.96. The molecule has 0 amide bonds. The Labute approximate surface area is 102 Å². The summed E-state index contributed by atoms with van der Waals surface area (Å²) < 4.78 is 0. The van der Waals surface area contributed by atoms with Gasteiger partial charge in [0.25, 0.3) is 0 Å². The molecule has 2 atom stereocenters. The van der Waals surface area contributed by atoms with Gasteiger partial charge in [0, 0.05) is 18.3 Å². The second-order valence-corrected chi connectivity index (χ2v) is 4.48. The van der Waals surface area contributed by atoms with Crippen LogP contribution in [0.15, 0.2) is 6.07 Å². The van der Waals surface area contributed by atoms with Crippen molar-refractivity contribution in [3.63, 3.8) is 0 Å². The van der Waals surface area contributed by atoms with Gasteiger partial charge in [0.2, 0.25) is 0 Å². The Morgan fingerprint density at radius 1 is 1.47 bits per heavy atom. The summed E-state index contributed by atoms with van der Waals surface area (Å²) in [7, 11) is 0. The van der Waals surface area contributed by atoms with E-state index in [9.17, 15) is 0 Å². The lowest BCUT2D eigenvalue weighted by atomic mass is 10.0. The normalized spacial score (nSPS) is 13.9. The average Bonchev–Trinajstić information content (AvgIpc) is 2.27. The van der Waals surface area contributed by atoms with E-state index in [-0.39, 0.29) is 18.6 Å². The van der Waals surface area contributed by atoms with Crippen LogP contribution in [0.3, 0.4) is 0 Å². The van der Waals surface area contributed by atoms with Gasteiger partial charge < -0.3 is 10.4 Å². The van der Waals surface area contributed by atoms with E-state index in [0.717, 1.165) is 17.1 Å². The van der Waals surface area contributed by atoms with Crippen molar-refractivity contribution in [1.82, 2.24) is 4.98 Å². The summed E-state index contributed by atoms with van der Waals surface area (Å²) in [5.74, 6) is 0.135. The maximum atomic E-state index is 9.12. The highest BCUT2D eigenvalue weighted by atomic mass is 16.3. The topological polar surface area (TPSA) is 68.9 Å². The number of aliphatic hydroxyl groups excluding tert-OH is 1. The van der Waals surface area contributed by atoms with Crippen LogP contribution in [0.4, 0.5) is 5.69 Å². The molecule has 1 heterocycles. The van der Waals surface area contributed by atoms with E-state index in [2.05, 4.69) is 16.4 Å². The highest BCUT2D eigenvalue weighted by molar-refractivity contribution is 5.60. The highest BCUT2D eigenvalue weighted by Gasteiger charge is 2.14. The minimum Gasteiger partial charge on any atom is -0.396 e. The molecule has 0 aliphatic heterocycles. The van der Waals surface area contributed by atoms with Gasteiger partial charge in [-0.2, -0.15) is 5.26 Å². The molecule has 0 saturated carbocycles. The molecule has 0 fully saturated rings. The Kier molecular flexibility index (Phi) is 4.47. The van der Waals surface area contributed by atoms with E-state index in [1.54, 1.807) is 0 Å². The van der Waals surface area contributed by atoms with Crippen molar-refractivity contribution >= 4 is 5.69 Å². The van der Waals surface area contributed by atoms with Crippen LogP contribution < -0.4 is 5.32 Å². The van der Waals surface area contributed by atoms with Crippen molar-refractivity contribution in [3.05, 3.63) is 23.0 Å². The molecule has 2 N–H and O–H groups in total. The zero-order chi connectivity index (χ0) is 13.0. The van der Waals surface area contributed by atoms with Crippen molar-refractivity contribution in [2.24, 2.45) is 5.92 Å². The van der Waals surface area contributed by atoms with Crippen LogP contribution in [-0.2, 0) is 0 Å². The van der Waals surface area contributed by atoms with Gasteiger partial charge in [0.15, 0.2) is 0 Å². The lowest BCUT2D eigenvalue weighted by Crippen LogP contribution is -2.26. The molecule has 0 radical (unpaired) electrons. The maximum absolute atomic E-state index is 9.12. The van der Waals surface area contributed by atoms with Crippen LogP contribution in [0.25, 0.3) is 0 Å². The smallest absolute Gasteiger partial charge is 0.103 e. The quantitative estimate of drug-likeness (QED) is 0.834. The number of hydrogen-bond acceptors (Lipinski definition) is 4. The molecule has 1 aromatic rings. The number of aliphatic hydroxyl groups is 1. The van der Waals surface area contributed by atoms with Gasteiger partial charge in [-0.3, -0.25) is 4.98 Å². The van der Waals surface area contributed by atoms with Gasteiger partial charge in [-0.1, -0.05) is 6.92 Å². The van der Waals surface area contributed by atoms with Gasteiger partial charge in [-0.05, 0) is 32.8 Å². The molecular weight excluding hydrogens is 214 g/mol. The SMILES string of the molecule is Cc1cc(NC(C)C(C)CO)c(C#N)c(C)n1. The lowest BCUT2D eigenvalue weighted by Gasteiger charge is -2.21. The summed E-state index contributed by atoms with van der Waals surface area (Å²) >= 11 is 0. The first-order chi connectivity index (χ1) is 7.99. The number of hydrogen-bond donors (Lipinski definition) is 2. The molecule has 0 spiro atoms. The molecule has 0 aliphatic rings. The first kappa shape index (κ1) is 13.5. The fourth-order valence-electron chi connectivity index (χ4n) is 1.63. The van der Waals surface area contributed by atoms with Crippen molar-refractivity contribution in [2.75, 3.05) is 11.9 Å². The number of aryl methyl sites for hydroxylation is 2. The van der Waals surface area contributed by atoms with Crippen molar-refractivity contribution < 1.29 is 5.11 Å². The predicted molar refractivity (Wildman–Crippen MR) is 67.8 cm³/mol. The molecule has 17 heavy (non-hydrogen) atoms. The van der Waals surface area contributed by atoms with Crippen LogP contribution in [0.2, 0.25) is 0 Å². The zero-order valence-corrected chi connectivity index (χ0v) is 10.8. The van der Waals surface area contributed by atoms with Crippen molar-refractivity contribution in [3.8, 4) is 6.07 Å². The second-order valence-electron chi connectivity index (χ2n) is 4.48. The molecule has 92 valence electrons. The Hall–Kier alpha value is -1.60. The van der Waals surface area contributed by atoms with Gasteiger partial charge >= 0.3 is 0 Å². The number of nitrogens with one attached hydrogen (secondary N) is 1. The van der Waals surface area contributed by atoms with E-state index in [1.807, 2.05) is 33.8 Å². The standard InChI is InChI=1S/C13H19N3O/c1-8(7-17)10(3)16-13-5-9(2)15-11(4)12(13)6-14/h5,8,10,17H,7H2,1-4H3,(H,15,16). The highest BCUT2D eigenvalue weighted by Crippen LogP contribution is 2.21. The lowest BCUT2D eigenvalue weighted by molar-refractivity contribution is 0.226. The Morgan fingerprint density at radius 3 is 2.65 bits per heavy atom. The summed E-state index contributed by atoms with van der Waals surface area (Å²) in [5, 5.41) is 21.5. The Morgan fingerprint density at radius 2 is 2.12 bits per heavy atom. The Bertz CT molecular complexity index is 437. The number of rotatable bonds is 4. The van der Waals surface area contributed by atoms with Crippen molar-refractivity contribution in [2.45, 2.75) is 33.7 Å². The van der Waals surface area contributed by atoms with E-state index in [4.69, 9.17) is 10.4 Å². The molecule has 0 aliphatic carbocycles. The average molecular weight is 233 g/mol. The second kappa shape index (κ2) is 5.65. The maximum Gasteiger partial charge on any atom is 0.103 e. The first-order valence-corrected chi connectivity index (χ1v) is 5.75. The summed E-state index contributed by atoms with van der Waals surface area (Å²) in [6.45, 7) is 7.81. The summed E-state index contributed by atoms with van der Waals surface area (Å²) in [6, 6.07) is 4.14. The van der Waals surface area contributed by atoms with Gasteiger partial charge in [-0.15, -0.1) is 0 Å². The zero-order valence-electron chi connectivity index (χ0n) is 10.8. The van der Waals surface area contributed by atoms with E-state index < -0.39 is 0 Å². The molecule has 0 bridgehead atoms. The van der Waals surface area contributed by atoms with E-state index in [0.29, 0.717) is 5.56 Å². The molecule has 4 nitrogen and oxygen atoms in total. The molecule has 1 rings (SSSR count). The fraction of sp³-hybridized carbons (Fsp3) is 0.538. The molecule has 4 heteroatoms. The van der Waals surface area contributed by atoms with Crippen LogP contribution in [0.5, 0.6) is 0 Å². The largest absolute Gasteiger partial charge is 0.396 e. The fourth-order valence-corrected chi connectivity index (χ4v) is 1.63. The molecular formula is C13H19N3O. The van der Waals surface area contributed by atoms with E-state index in [1.165, 1.54) is 0 Å². The third kappa shape index (κ3) is 3.18. The Balaban J connectivity index is 3.02. The van der Waals surface area contributed by atoms with Gasteiger partial charge in [-0.25, -0.2) is 0 Å². The van der Waals surface area contributed by atoms with Crippen LogP contribution in [0, 0.1) is 31.1 Å². The number of nitrogens with zero attached hydrogens (tertiary/aromatic N) is 2. The van der Waals surface area contributed by atoms with Crippen LogP contribution in [0.1, 0.15) is 30.8 Å².